The van der Waals surface area contributed by atoms with Crippen LogP contribution >= 0.6 is 35.6 Å². The van der Waals surface area contributed by atoms with Crippen LogP contribution in [0.5, 0.6) is 5.75 Å². The highest BCUT2D eigenvalue weighted by Crippen LogP contribution is 2.22. The van der Waals surface area contributed by atoms with Gasteiger partial charge in [0.15, 0.2) is 5.96 Å². The molecule has 0 bridgehead atoms. The van der Waals surface area contributed by atoms with Gasteiger partial charge in [0.2, 0.25) is 0 Å². The third kappa shape index (κ3) is 6.56. The fourth-order valence-corrected chi connectivity index (χ4v) is 2.32. The smallest absolute Gasteiger partial charge is 0.191 e. The summed E-state index contributed by atoms with van der Waals surface area (Å²) < 4.78 is 5.15. The molecular weight excluding hydrogens is 441 g/mol. The van der Waals surface area contributed by atoms with Crippen molar-refractivity contribution in [2.75, 3.05) is 20.2 Å². The number of hydrogen-bond acceptors (Lipinski definition) is 3. The summed E-state index contributed by atoms with van der Waals surface area (Å²) in [6.07, 6.45) is 2.52. The zero-order chi connectivity index (χ0) is 16.5. The maximum Gasteiger partial charge on any atom is 0.191 e. The lowest BCUT2D eigenvalue weighted by Gasteiger charge is -2.12. The SMILES string of the molecule is CCNC(=NCc1ccn[nH]1)NCCc1ccc(OC)cc1Cl.I. The topological polar surface area (TPSA) is 74.3 Å². The molecule has 0 aliphatic carbocycles. The van der Waals surface area contributed by atoms with Crippen molar-refractivity contribution in [2.45, 2.75) is 19.9 Å². The Morgan fingerprint density at radius 3 is 2.79 bits per heavy atom. The Kier molecular flexibility index (Phi) is 9.55. The first kappa shape index (κ1) is 20.6. The van der Waals surface area contributed by atoms with Gasteiger partial charge < -0.3 is 15.4 Å². The lowest BCUT2D eigenvalue weighted by molar-refractivity contribution is 0.414. The molecule has 0 amide bonds. The lowest BCUT2D eigenvalue weighted by Crippen LogP contribution is -2.38. The molecule has 8 heteroatoms. The van der Waals surface area contributed by atoms with Crippen molar-refractivity contribution in [3.05, 3.63) is 46.7 Å². The average Bonchev–Trinajstić information content (AvgIpc) is 3.07. The minimum atomic E-state index is 0. The number of aliphatic imine (C=N–C) groups is 1. The van der Waals surface area contributed by atoms with Gasteiger partial charge in [-0.05, 0) is 37.1 Å². The van der Waals surface area contributed by atoms with E-state index in [2.05, 4.69) is 25.8 Å². The number of rotatable bonds is 7. The molecule has 0 atom stereocenters. The number of ether oxygens (including phenoxy) is 1. The number of methoxy groups -OCH3 is 1. The normalized spacial score (nSPS) is 10.9. The number of halogens is 2. The predicted octanol–water partition coefficient (Wildman–Crippen LogP) is 2.99. The molecule has 2 aromatic rings. The summed E-state index contributed by atoms with van der Waals surface area (Å²) in [4.78, 5) is 4.51. The van der Waals surface area contributed by atoms with E-state index in [1.807, 2.05) is 31.2 Å². The molecule has 0 aliphatic rings. The van der Waals surface area contributed by atoms with Crippen LogP contribution in [0.15, 0.2) is 35.5 Å². The molecule has 1 heterocycles. The van der Waals surface area contributed by atoms with Crippen LogP contribution in [0.1, 0.15) is 18.2 Å². The van der Waals surface area contributed by atoms with Crippen molar-refractivity contribution in [3.63, 3.8) is 0 Å². The third-order valence-electron chi connectivity index (χ3n) is 3.26. The average molecular weight is 464 g/mol. The molecule has 0 unspecified atom stereocenters. The van der Waals surface area contributed by atoms with Gasteiger partial charge in [-0.25, -0.2) is 4.99 Å². The second-order valence-electron chi connectivity index (χ2n) is 4.91. The monoisotopic (exact) mass is 463 g/mol. The number of H-pyrrole nitrogens is 1. The quantitative estimate of drug-likeness (QED) is 0.335. The number of nitrogens with zero attached hydrogens (tertiary/aromatic N) is 2. The lowest BCUT2D eigenvalue weighted by atomic mass is 10.1. The number of aromatic nitrogens is 2. The molecule has 24 heavy (non-hydrogen) atoms. The molecule has 1 aromatic heterocycles. The van der Waals surface area contributed by atoms with Gasteiger partial charge in [-0.3, -0.25) is 5.10 Å². The highest BCUT2D eigenvalue weighted by atomic mass is 127. The Bertz CT molecular complexity index is 633. The van der Waals surface area contributed by atoms with Gasteiger partial charge in [0, 0.05) is 24.3 Å². The van der Waals surface area contributed by atoms with E-state index < -0.39 is 0 Å². The Labute approximate surface area is 164 Å². The van der Waals surface area contributed by atoms with Crippen LogP contribution in [0.4, 0.5) is 0 Å². The summed E-state index contributed by atoms with van der Waals surface area (Å²) >= 11 is 6.25. The van der Waals surface area contributed by atoms with Crippen molar-refractivity contribution in [1.82, 2.24) is 20.8 Å². The van der Waals surface area contributed by atoms with Crippen LogP contribution in [0.3, 0.4) is 0 Å². The van der Waals surface area contributed by atoms with E-state index in [-0.39, 0.29) is 24.0 Å². The minimum Gasteiger partial charge on any atom is -0.497 e. The van der Waals surface area contributed by atoms with Crippen molar-refractivity contribution >= 4 is 41.5 Å². The van der Waals surface area contributed by atoms with Crippen LogP contribution in [0.25, 0.3) is 0 Å². The summed E-state index contributed by atoms with van der Waals surface area (Å²) in [7, 11) is 1.63. The van der Waals surface area contributed by atoms with Crippen LogP contribution in [0, 0.1) is 0 Å². The van der Waals surface area contributed by atoms with Crippen molar-refractivity contribution in [3.8, 4) is 5.75 Å². The fraction of sp³-hybridized carbons (Fsp3) is 0.375. The second-order valence-corrected chi connectivity index (χ2v) is 5.32. The van der Waals surface area contributed by atoms with E-state index in [0.29, 0.717) is 11.6 Å². The summed E-state index contributed by atoms with van der Waals surface area (Å²) in [6.45, 7) is 4.13. The van der Waals surface area contributed by atoms with Crippen LogP contribution < -0.4 is 15.4 Å². The van der Waals surface area contributed by atoms with Crippen LogP contribution in [-0.4, -0.2) is 36.4 Å². The number of nitrogens with one attached hydrogen (secondary N) is 3. The predicted molar refractivity (Wildman–Crippen MR) is 109 cm³/mol. The summed E-state index contributed by atoms with van der Waals surface area (Å²) in [5.74, 6) is 1.54. The maximum atomic E-state index is 6.25. The van der Waals surface area contributed by atoms with Gasteiger partial charge in [0.05, 0.1) is 19.3 Å². The number of aromatic amines is 1. The molecule has 0 aliphatic heterocycles. The first-order chi connectivity index (χ1) is 11.2. The molecule has 0 fully saturated rings. The Balaban J connectivity index is 0.00000288. The zero-order valence-electron chi connectivity index (χ0n) is 13.8. The first-order valence-corrected chi connectivity index (χ1v) is 7.93. The number of benzene rings is 1. The minimum absolute atomic E-state index is 0. The molecule has 132 valence electrons. The fourth-order valence-electron chi connectivity index (χ4n) is 2.05. The van der Waals surface area contributed by atoms with Crippen LogP contribution in [-0.2, 0) is 13.0 Å². The molecular formula is C16H23ClIN5O. The van der Waals surface area contributed by atoms with Gasteiger partial charge in [0.1, 0.15) is 5.75 Å². The van der Waals surface area contributed by atoms with Crippen molar-refractivity contribution in [1.29, 1.82) is 0 Å². The maximum absolute atomic E-state index is 6.25. The van der Waals surface area contributed by atoms with E-state index in [1.165, 1.54) is 0 Å². The molecule has 0 radical (unpaired) electrons. The van der Waals surface area contributed by atoms with E-state index in [0.717, 1.165) is 42.5 Å². The Morgan fingerprint density at radius 2 is 2.17 bits per heavy atom. The van der Waals surface area contributed by atoms with Gasteiger partial charge >= 0.3 is 0 Å². The van der Waals surface area contributed by atoms with E-state index in [1.54, 1.807) is 13.3 Å². The van der Waals surface area contributed by atoms with Gasteiger partial charge in [-0.1, -0.05) is 17.7 Å². The molecule has 6 nitrogen and oxygen atoms in total. The highest BCUT2D eigenvalue weighted by molar-refractivity contribution is 14.0. The standard InChI is InChI=1S/C16H22ClN5O.HI/c1-3-18-16(20-11-13-7-9-21-22-13)19-8-6-12-4-5-14(23-2)10-15(12)17;/h4-5,7,9-10H,3,6,8,11H2,1-2H3,(H,21,22)(H2,18,19,20);1H. The van der Waals surface area contributed by atoms with Crippen LogP contribution in [0.2, 0.25) is 5.02 Å². The molecule has 0 saturated carbocycles. The summed E-state index contributed by atoms with van der Waals surface area (Å²) in [5.41, 5.74) is 2.05. The number of hydrogen-bond donors (Lipinski definition) is 3. The second kappa shape index (κ2) is 11.1. The molecule has 3 N–H and O–H groups in total. The van der Waals surface area contributed by atoms with E-state index in [9.17, 15) is 0 Å². The van der Waals surface area contributed by atoms with Gasteiger partial charge in [-0.15, -0.1) is 24.0 Å². The molecule has 1 aromatic carbocycles. The third-order valence-corrected chi connectivity index (χ3v) is 3.61. The molecule has 0 spiro atoms. The number of guanidine groups is 1. The Hall–Kier alpha value is -1.48. The van der Waals surface area contributed by atoms with Gasteiger partial charge in [0.25, 0.3) is 0 Å². The van der Waals surface area contributed by atoms with Gasteiger partial charge in [-0.2, -0.15) is 5.10 Å². The largest absolute Gasteiger partial charge is 0.497 e. The highest BCUT2D eigenvalue weighted by Gasteiger charge is 2.03. The zero-order valence-corrected chi connectivity index (χ0v) is 16.9. The summed E-state index contributed by atoms with van der Waals surface area (Å²) in [5, 5.41) is 14.0. The summed E-state index contributed by atoms with van der Waals surface area (Å²) in [6, 6.07) is 7.63. The van der Waals surface area contributed by atoms with E-state index in [4.69, 9.17) is 16.3 Å². The van der Waals surface area contributed by atoms with Crippen molar-refractivity contribution < 1.29 is 4.74 Å². The first-order valence-electron chi connectivity index (χ1n) is 7.55. The van der Waals surface area contributed by atoms with Crippen molar-refractivity contribution in [2.24, 2.45) is 4.99 Å². The molecule has 0 saturated heterocycles. The molecule has 2 rings (SSSR count). The Morgan fingerprint density at radius 1 is 1.33 bits per heavy atom. The van der Waals surface area contributed by atoms with E-state index >= 15 is 0 Å².